The first kappa shape index (κ1) is 14.5. The van der Waals surface area contributed by atoms with Crippen LogP contribution in [0.3, 0.4) is 0 Å². The number of halogens is 1. The Morgan fingerprint density at radius 3 is 3.05 bits per heavy atom. The van der Waals surface area contributed by atoms with Gasteiger partial charge >= 0.3 is 0 Å². The Kier molecular flexibility index (Phi) is 4.02. The third-order valence-electron chi connectivity index (χ3n) is 3.43. The molecule has 0 amide bonds. The maximum absolute atomic E-state index is 5.37. The number of anilines is 1. The lowest BCUT2D eigenvalue weighted by atomic mass is 10.2. The zero-order valence-corrected chi connectivity index (χ0v) is 12.5. The van der Waals surface area contributed by atoms with Crippen LogP contribution in [-0.4, -0.2) is 17.7 Å². The molecule has 1 aromatic heterocycles. The molecule has 2 N–H and O–H groups in total. The van der Waals surface area contributed by atoms with Crippen LogP contribution in [0.1, 0.15) is 11.1 Å². The fraction of sp³-hybridized carbons (Fsp3) is 0.200. The fourth-order valence-electron chi connectivity index (χ4n) is 2.33. The van der Waals surface area contributed by atoms with Gasteiger partial charge in [-0.15, -0.1) is 12.4 Å². The monoisotopic (exact) mass is 318 g/mol. The number of nitrogens with zero attached hydrogens (tertiary/aromatic N) is 2. The zero-order chi connectivity index (χ0) is 14.1. The Hall–Kier alpha value is -2.47. The number of guanidine groups is 1. The first-order valence-corrected chi connectivity index (χ1v) is 6.76. The second-order valence-corrected chi connectivity index (χ2v) is 4.84. The van der Waals surface area contributed by atoms with Crippen molar-refractivity contribution < 1.29 is 9.47 Å². The number of aliphatic imine (C=N–C) groups is 1. The topological polar surface area (TPSA) is 67.8 Å². The molecule has 1 aromatic carbocycles. The van der Waals surface area contributed by atoms with E-state index in [1.807, 2.05) is 30.3 Å². The molecule has 114 valence electrons. The lowest BCUT2D eigenvalue weighted by molar-refractivity contribution is 0.174. The highest BCUT2D eigenvalue weighted by Crippen LogP contribution is 2.32. The second kappa shape index (κ2) is 6.11. The SMILES string of the molecule is Cl.c1cnc2c(c1)CN=C(NCc1ccc3c(c1)OCO3)N2. The first-order valence-electron chi connectivity index (χ1n) is 6.76. The number of hydrogen-bond donors (Lipinski definition) is 2. The summed E-state index contributed by atoms with van der Waals surface area (Å²) in [5.41, 5.74) is 2.21. The summed E-state index contributed by atoms with van der Waals surface area (Å²) in [6.45, 7) is 1.59. The number of fused-ring (bicyclic) bond motifs is 2. The summed E-state index contributed by atoms with van der Waals surface area (Å²) < 4.78 is 10.7. The Labute approximate surface area is 134 Å². The van der Waals surface area contributed by atoms with Crippen LogP contribution >= 0.6 is 12.4 Å². The van der Waals surface area contributed by atoms with Crippen LogP contribution in [0.4, 0.5) is 5.82 Å². The minimum atomic E-state index is 0. The van der Waals surface area contributed by atoms with Crippen molar-refractivity contribution in [3.05, 3.63) is 47.7 Å². The highest BCUT2D eigenvalue weighted by Gasteiger charge is 2.14. The number of nitrogens with one attached hydrogen (secondary N) is 2. The summed E-state index contributed by atoms with van der Waals surface area (Å²) >= 11 is 0. The summed E-state index contributed by atoms with van der Waals surface area (Å²) in [7, 11) is 0. The Morgan fingerprint density at radius 1 is 1.18 bits per heavy atom. The van der Waals surface area contributed by atoms with Gasteiger partial charge in [0.1, 0.15) is 5.82 Å². The molecule has 6 nitrogen and oxygen atoms in total. The van der Waals surface area contributed by atoms with Crippen molar-refractivity contribution in [1.29, 1.82) is 0 Å². The molecule has 0 radical (unpaired) electrons. The fourth-order valence-corrected chi connectivity index (χ4v) is 2.33. The van der Waals surface area contributed by atoms with Crippen molar-refractivity contribution in [3.63, 3.8) is 0 Å². The molecular weight excluding hydrogens is 304 g/mol. The highest BCUT2D eigenvalue weighted by atomic mass is 35.5. The Balaban J connectivity index is 0.00000144. The van der Waals surface area contributed by atoms with E-state index in [0.717, 1.165) is 34.4 Å². The highest BCUT2D eigenvalue weighted by molar-refractivity contribution is 5.94. The smallest absolute Gasteiger partial charge is 0.231 e. The number of rotatable bonds is 2. The van der Waals surface area contributed by atoms with Crippen LogP contribution in [0.15, 0.2) is 41.5 Å². The lowest BCUT2D eigenvalue weighted by Crippen LogP contribution is -2.33. The molecule has 7 heteroatoms. The van der Waals surface area contributed by atoms with E-state index in [-0.39, 0.29) is 12.4 Å². The van der Waals surface area contributed by atoms with E-state index >= 15 is 0 Å². The Bertz CT molecular complexity index is 720. The average molecular weight is 319 g/mol. The van der Waals surface area contributed by atoms with Crippen molar-refractivity contribution >= 4 is 24.2 Å². The summed E-state index contributed by atoms with van der Waals surface area (Å²) in [6, 6.07) is 9.85. The first-order chi connectivity index (χ1) is 10.4. The Morgan fingerprint density at radius 2 is 2.09 bits per heavy atom. The van der Waals surface area contributed by atoms with Crippen molar-refractivity contribution in [2.45, 2.75) is 13.1 Å². The molecule has 0 aliphatic carbocycles. The van der Waals surface area contributed by atoms with Crippen molar-refractivity contribution in [2.75, 3.05) is 12.1 Å². The van der Waals surface area contributed by atoms with E-state index in [4.69, 9.17) is 9.47 Å². The molecule has 0 fully saturated rings. The third-order valence-corrected chi connectivity index (χ3v) is 3.43. The molecule has 0 unspecified atom stereocenters. The predicted octanol–water partition coefficient (Wildman–Crippen LogP) is 2.30. The number of aromatic nitrogens is 1. The van der Waals surface area contributed by atoms with Gasteiger partial charge in [0.2, 0.25) is 6.79 Å². The van der Waals surface area contributed by atoms with Gasteiger partial charge in [0, 0.05) is 18.3 Å². The normalized spacial score (nSPS) is 14.3. The molecule has 2 aromatic rings. The zero-order valence-electron chi connectivity index (χ0n) is 11.7. The summed E-state index contributed by atoms with van der Waals surface area (Å²) in [5, 5.41) is 6.46. The minimum absolute atomic E-state index is 0. The molecule has 0 bridgehead atoms. The molecule has 0 spiro atoms. The average Bonchev–Trinajstić information content (AvgIpc) is 3.00. The van der Waals surface area contributed by atoms with Gasteiger partial charge in [-0.25, -0.2) is 9.98 Å². The maximum Gasteiger partial charge on any atom is 0.231 e. The van der Waals surface area contributed by atoms with E-state index < -0.39 is 0 Å². The van der Waals surface area contributed by atoms with E-state index in [2.05, 4.69) is 20.6 Å². The van der Waals surface area contributed by atoms with Crippen LogP contribution in [0.2, 0.25) is 0 Å². The number of benzene rings is 1. The van der Waals surface area contributed by atoms with Gasteiger partial charge in [-0.3, -0.25) is 0 Å². The van der Waals surface area contributed by atoms with Crippen molar-refractivity contribution in [1.82, 2.24) is 10.3 Å². The molecule has 0 saturated carbocycles. The van der Waals surface area contributed by atoms with E-state index in [0.29, 0.717) is 19.9 Å². The van der Waals surface area contributed by atoms with Gasteiger partial charge in [-0.05, 0) is 23.8 Å². The number of ether oxygens (including phenoxy) is 2. The van der Waals surface area contributed by atoms with Crippen LogP contribution in [0, 0.1) is 0 Å². The van der Waals surface area contributed by atoms with Gasteiger partial charge in [0.25, 0.3) is 0 Å². The van der Waals surface area contributed by atoms with Gasteiger partial charge in [0.05, 0.1) is 6.54 Å². The van der Waals surface area contributed by atoms with E-state index in [1.54, 1.807) is 6.20 Å². The molecule has 4 rings (SSSR count). The molecule has 2 aliphatic rings. The molecule has 0 atom stereocenters. The van der Waals surface area contributed by atoms with Crippen LogP contribution < -0.4 is 20.1 Å². The third kappa shape index (κ3) is 2.78. The van der Waals surface area contributed by atoms with Gasteiger partial charge in [-0.2, -0.15) is 0 Å². The standard InChI is InChI=1S/C15H14N4O2.ClH/c1-2-11-8-18-15(19-14(11)16-5-1)17-7-10-3-4-12-13(6-10)21-9-20-12;/h1-6H,7-9H2,(H2,16,17,18,19);1H. The van der Waals surface area contributed by atoms with Crippen molar-refractivity contribution in [3.8, 4) is 11.5 Å². The second-order valence-electron chi connectivity index (χ2n) is 4.84. The van der Waals surface area contributed by atoms with Crippen molar-refractivity contribution in [2.24, 2.45) is 4.99 Å². The largest absolute Gasteiger partial charge is 0.454 e. The van der Waals surface area contributed by atoms with Crippen LogP contribution in [0.5, 0.6) is 11.5 Å². The van der Waals surface area contributed by atoms with E-state index in [9.17, 15) is 0 Å². The van der Waals surface area contributed by atoms with Crippen LogP contribution in [0.25, 0.3) is 0 Å². The molecule has 2 aliphatic heterocycles. The molecular formula is C15H15ClN4O2. The van der Waals surface area contributed by atoms with E-state index in [1.165, 1.54) is 0 Å². The number of pyridine rings is 1. The summed E-state index contributed by atoms with van der Waals surface area (Å²) in [5.74, 6) is 3.18. The summed E-state index contributed by atoms with van der Waals surface area (Å²) in [4.78, 5) is 8.76. The lowest BCUT2D eigenvalue weighted by Gasteiger charge is -2.18. The maximum atomic E-state index is 5.37. The van der Waals surface area contributed by atoms with Crippen LogP contribution in [-0.2, 0) is 13.1 Å². The van der Waals surface area contributed by atoms with Gasteiger partial charge in [-0.1, -0.05) is 12.1 Å². The molecule has 22 heavy (non-hydrogen) atoms. The van der Waals surface area contributed by atoms with Gasteiger partial charge in [0.15, 0.2) is 17.5 Å². The molecule has 0 saturated heterocycles. The molecule has 3 heterocycles. The number of hydrogen-bond acceptors (Lipinski definition) is 6. The summed E-state index contributed by atoms with van der Waals surface area (Å²) in [6.07, 6.45) is 1.77. The quantitative estimate of drug-likeness (QED) is 0.889. The predicted molar refractivity (Wildman–Crippen MR) is 85.7 cm³/mol. The minimum Gasteiger partial charge on any atom is -0.454 e. The van der Waals surface area contributed by atoms with Gasteiger partial charge < -0.3 is 20.1 Å².